The van der Waals surface area contributed by atoms with E-state index < -0.39 is 76.8 Å². The highest BCUT2D eigenvalue weighted by Crippen LogP contribution is 2.49. The number of hydrogen-bond donors (Lipinski definition) is 4. The predicted octanol–water partition coefficient (Wildman–Crippen LogP) is 4.44. The number of ether oxygens (including phenoxy) is 8. The second-order valence-corrected chi connectivity index (χ2v) is 21.7. The quantitative estimate of drug-likeness (QED) is 0.0278. The lowest BCUT2D eigenvalue weighted by Gasteiger charge is -2.41. The van der Waals surface area contributed by atoms with Crippen molar-refractivity contribution in [1.29, 1.82) is 0 Å². The summed E-state index contributed by atoms with van der Waals surface area (Å²) < 4.78 is 44.9. The van der Waals surface area contributed by atoms with Crippen LogP contribution in [0.3, 0.4) is 0 Å². The highest BCUT2D eigenvalue weighted by Gasteiger charge is 2.64. The summed E-state index contributed by atoms with van der Waals surface area (Å²) in [6.45, 7) is 19.5. The van der Waals surface area contributed by atoms with Crippen LogP contribution in [0, 0.1) is 18.8 Å². The molecule has 4 aliphatic rings. The number of fused-ring (bicyclic) bond motifs is 5. The molecule has 6 amide bonds. The summed E-state index contributed by atoms with van der Waals surface area (Å²) in [4.78, 5) is 106. The van der Waals surface area contributed by atoms with Gasteiger partial charge >= 0.3 is 18.0 Å². The number of thioether (sulfide) groups is 1. The Kier molecular flexibility index (Phi) is 27.8. The standard InChI is InChI=1S/C44H61ClN4O12S.C11H21NO6/c1-9-46-35(50)13-14-49-37(52)22-33(40(49)53)62-18-17-57-15-16-58-29(6)41(54)60-34-23-36(51)48(8)31-21-30(20-26(3)38(31)45)19-25(2)11-10-12-27(4)44(56)24-32(59-42(55)47-44)28(5)39-43(34,7)61-39;1-3-15-6-7-17-9-8-16-5-4-11(14)18-12-10(2)13/h10-12,20-21,27-29,32-34,39,56H,9,13-19,22-24H2,1-8H3,(H,46,50)(H,47,55);3-9H2,1-2H3,(H,12,13)/b12-10+,25-11+;/t27-,28-,29+,32?,33?,34+,39+,43+,44+;/m1./s1. The monoisotopic (exact) mass is 1170 g/mol. The third kappa shape index (κ3) is 21.0. The molecule has 4 bridgehead atoms. The van der Waals surface area contributed by atoms with Gasteiger partial charge in [0.15, 0.2) is 6.10 Å². The second-order valence-electron chi connectivity index (χ2n) is 20.1. The van der Waals surface area contributed by atoms with E-state index in [4.69, 9.17) is 49.5 Å². The fourth-order valence-electron chi connectivity index (χ4n) is 8.92. The van der Waals surface area contributed by atoms with Crippen molar-refractivity contribution in [3.05, 3.63) is 52.1 Å². The van der Waals surface area contributed by atoms with Gasteiger partial charge in [0.25, 0.3) is 0 Å². The highest BCUT2D eigenvalue weighted by molar-refractivity contribution is 8.00. The van der Waals surface area contributed by atoms with Gasteiger partial charge in [-0.2, -0.15) is 5.48 Å². The Bertz CT molecular complexity index is 2360. The molecular formula is C55H82ClN5O18S. The Balaban J connectivity index is 0.000000654. The molecule has 80 heavy (non-hydrogen) atoms. The van der Waals surface area contributed by atoms with Crippen LogP contribution in [0.5, 0.6) is 0 Å². The average Bonchev–Trinajstić information content (AvgIpc) is 4.10. The van der Waals surface area contributed by atoms with Crippen molar-refractivity contribution in [2.75, 3.05) is 90.3 Å². The zero-order valence-electron chi connectivity index (χ0n) is 47.7. The predicted molar refractivity (Wildman–Crippen MR) is 295 cm³/mol. The summed E-state index contributed by atoms with van der Waals surface area (Å²) in [5.74, 6) is -3.44. The molecular weight excluding hydrogens is 1090 g/mol. The van der Waals surface area contributed by atoms with Crippen molar-refractivity contribution in [3.63, 3.8) is 0 Å². The Labute approximate surface area is 478 Å². The van der Waals surface area contributed by atoms with Crippen molar-refractivity contribution in [2.24, 2.45) is 11.8 Å². The third-order valence-electron chi connectivity index (χ3n) is 13.7. The fraction of sp³-hybridized carbons (Fsp3) is 0.673. The van der Waals surface area contributed by atoms with Crippen molar-refractivity contribution in [2.45, 2.75) is 142 Å². The van der Waals surface area contributed by atoms with Gasteiger partial charge in [-0.05, 0) is 65.2 Å². The number of carbonyl (C=O) groups is 8. The number of rotatable bonds is 24. The van der Waals surface area contributed by atoms with Gasteiger partial charge in [0.2, 0.25) is 29.5 Å². The van der Waals surface area contributed by atoms with E-state index in [-0.39, 0.29) is 88.7 Å². The molecule has 9 atom stereocenters. The van der Waals surface area contributed by atoms with E-state index in [1.807, 2.05) is 70.5 Å². The number of imide groups is 1. The smallest absolute Gasteiger partial charge is 0.409 e. The number of halogens is 1. The molecule has 0 aliphatic carbocycles. The maximum atomic E-state index is 14.1. The minimum atomic E-state index is -1.62. The van der Waals surface area contributed by atoms with Gasteiger partial charge in [-0.3, -0.25) is 34.2 Å². The number of allylic oxidation sites excluding steroid dienone is 3. The van der Waals surface area contributed by atoms with Gasteiger partial charge in [0.05, 0.1) is 87.8 Å². The van der Waals surface area contributed by atoms with E-state index in [9.17, 15) is 43.5 Å². The average molecular weight is 1170 g/mol. The number of nitrogens with one attached hydrogen (secondary N) is 3. The molecule has 5 rings (SSSR count). The zero-order valence-corrected chi connectivity index (χ0v) is 49.3. The van der Waals surface area contributed by atoms with Gasteiger partial charge in [-0.15, -0.1) is 11.8 Å². The third-order valence-corrected chi connectivity index (χ3v) is 15.3. The van der Waals surface area contributed by atoms with E-state index in [1.165, 1.54) is 30.5 Å². The molecule has 25 heteroatoms. The lowest BCUT2D eigenvalue weighted by Crippen LogP contribution is -2.60. The number of esters is 1. The number of hydroxylamine groups is 1. The normalized spacial score (nSPS) is 26.3. The van der Waals surface area contributed by atoms with Crippen LogP contribution in [0.25, 0.3) is 0 Å². The number of likely N-dealkylation sites (tertiary alicyclic amines) is 1. The number of aliphatic hydroxyl groups is 1. The van der Waals surface area contributed by atoms with Crippen LogP contribution in [0.2, 0.25) is 5.02 Å². The molecule has 0 saturated carbocycles. The largest absolute Gasteiger partial charge is 0.457 e. The molecule has 0 aromatic heterocycles. The lowest BCUT2D eigenvalue weighted by atomic mass is 9.82. The van der Waals surface area contributed by atoms with Crippen LogP contribution in [-0.2, 0) is 82.7 Å². The molecule has 4 heterocycles. The van der Waals surface area contributed by atoms with Crippen LogP contribution in [-0.4, -0.2) is 184 Å². The Morgan fingerprint density at radius 2 is 1.61 bits per heavy atom. The van der Waals surface area contributed by atoms with Crippen LogP contribution in [0.15, 0.2) is 35.9 Å². The number of carbonyl (C=O) groups excluding carboxylic acids is 8. The van der Waals surface area contributed by atoms with Gasteiger partial charge in [-0.1, -0.05) is 55.3 Å². The summed E-state index contributed by atoms with van der Waals surface area (Å²) in [5, 5.41) is 16.8. The summed E-state index contributed by atoms with van der Waals surface area (Å²) in [5.41, 5.74) is 2.37. The van der Waals surface area contributed by atoms with Crippen molar-refractivity contribution >= 4 is 76.6 Å². The van der Waals surface area contributed by atoms with Crippen molar-refractivity contribution < 1.29 is 86.2 Å². The number of alkyl carbamates (subject to hydrolysis) is 1. The summed E-state index contributed by atoms with van der Waals surface area (Å²) in [6.07, 6.45) is 1.86. The maximum Gasteiger partial charge on any atom is 0.409 e. The molecule has 3 saturated heterocycles. The SMILES string of the molecule is CCNC(=O)CCN1C(=O)CC(SCCOCCO[C@@H](C)C(=O)O[C@H]2CC(=O)N(C)c3cc(cc(C)c3Cl)C/C(C)=C/C=C/[C@@H](C)[C@@]3(O)CC(OC(=O)N3)[C@@H](C)[C@@H]3O[C@@]23C)C1=O.CCOCCOCCOCCC(=O)ONC(C)=O. The van der Waals surface area contributed by atoms with Crippen LogP contribution >= 0.6 is 23.4 Å². The molecule has 0 radical (unpaired) electrons. The van der Waals surface area contributed by atoms with E-state index in [1.54, 1.807) is 20.9 Å². The number of benzene rings is 1. The van der Waals surface area contributed by atoms with Crippen LogP contribution < -0.4 is 21.0 Å². The van der Waals surface area contributed by atoms with Gasteiger partial charge in [0, 0.05) is 70.5 Å². The zero-order chi connectivity index (χ0) is 59.2. The molecule has 0 spiro atoms. The molecule has 1 aromatic carbocycles. The number of anilines is 1. The minimum Gasteiger partial charge on any atom is -0.457 e. The number of amides is 6. The number of epoxide rings is 1. The maximum absolute atomic E-state index is 14.1. The Morgan fingerprint density at radius 1 is 0.938 bits per heavy atom. The van der Waals surface area contributed by atoms with Gasteiger partial charge < -0.3 is 58.1 Å². The first-order valence-electron chi connectivity index (χ1n) is 27.0. The Hall–Kier alpha value is -5.18. The Morgan fingerprint density at radius 3 is 2.30 bits per heavy atom. The minimum absolute atomic E-state index is 0.0373. The van der Waals surface area contributed by atoms with Crippen LogP contribution in [0.1, 0.15) is 98.6 Å². The van der Waals surface area contributed by atoms with E-state index in [0.717, 1.165) is 21.6 Å². The number of nitrogens with zero attached hydrogens (tertiary/aromatic N) is 2. The van der Waals surface area contributed by atoms with Gasteiger partial charge in [0.1, 0.15) is 23.5 Å². The molecule has 3 fully saturated rings. The molecule has 1 aromatic rings. The summed E-state index contributed by atoms with van der Waals surface area (Å²) in [7, 11) is 1.62. The summed E-state index contributed by atoms with van der Waals surface area (Å²) >= 11 is 8.09. The van der Waals surface area contributed by atoms with E-state index in [2.05, 4.69) is 15.5 Å². The van der Waals surface area contributed by atoms with Crippen molar-refractivity contribution in [3.8, 4) is 0 Å². The van der Waals surface area contributed by atoms with E-state index in [0.29, 0.717) is 62.5 Å². The molecule has 4 N–H and O–H groups in total. The van der Waals surface area contributed by atoms with Crippen molar-refractivity contribution in [1.82, 2.24) is 21.0 Å². The highest BCUT2D eigenvalue weighted by atomic mass is 35.5. The molecule has 448 valence electrons. The molecule has 2 unspecified atom stereocenters. The number of hydrogen-bond acceptors (Lipinski definition) is 19. The summed E-state index contributed by atoms with van der Waals surface area (Å²) in [6, 6.07) is 3.83. The van der Waals surface area contributed by atoms with E-state index >= 15 is 0 Å². The van der Waals surface area contributed by atoms with Crippen LogP contribution in [0.4, 0.5) is 10.5 Å². The molecule has 4 aliphatic heterocycles. The first kappa shape index (κ1) is 67.3. The number of aryl methyl sites for hydroxylation is 1. The topological polar surface area (TPSA) is 286 Å². The van der Waals surface area contributed by atoms with Gasteiger partial charge in [-0.25, -0.2) is 14.4 Å². The lowest BCUT2D eigenvalue weighted by molar-refractivity contribution is -0.166. The molecule has 23 nitrogen and oxygen atoms in total. The first-order valence-corrected chi connectivity index (χ1v) is 28.5. The second kappa shape index (κ2) is 33.1. The first-order chi connectivity index (χ1) is 37.9. The fourth-order valence-corrected chi connectivity index (χ4v) is 10.2.